The fourth-order valence-electron chi connectivity index (χ4n) is 2.53. The number of benzene rings is 1. The summed E-state index contributed by atoms with van der Waals surface area (Å²) in [6.45, 7) is 1.56. The molecule has 0 bridgehead atoms. The first-order valence-electron chi connectivity index (χ1n) is 7.60. The number of carbonyl (C=O) groups excluding carboxylic acids is 2. The highest BCUT2D eigenvalue weighted by atomic mass is 32.2. The van der Waals surface area contributed by atoms with Crippen molar-refractivity contribution in [3.05, 3.63) is 23.5 Å². The molecule has 0 saturated heterocycles. The summed E-state index contributed by atoms with van der Waals surface area (Å²) in [5.41, 5.74) is -0.327. The highest BCUT2D eigenvalue weighted by molar-refractivity contribution is 7.98. The van der Waals surface area contributed by atoms with Crippen molar-refractivity contribution in [2.45, 2.75) is 31.1 Å². The normalized spacial score (nSPS) is 14.5. The van der Waals surface area contributed by atoms with Gasteiger partial charge in [-0.05, 0) is 38.2 Å². The van der Waals surface area contributed by atoms with Gasteiger partial charge in [-0.1, -0.05) is 0 Å². The molecule has 0 aliphatic heterocycles. The number of sulfonamides is 1. The van der Waals surface area contributed by atoms with Crippen LogP contribution in [-0.2, 0) is 14.8 Å². The van der Waals surface area contributed by atoms with E-state index in [4.69, 9.17) is 0 Å². The van der Waals surface area contributed by atoms with Crippen molar-refractivity contribution in [2.75, 3.05) is 23.4 Å². The lowest BCUT2D eigenvalue weighted by Crippen LogP contribution is -2.32. The third-order valence-electron chi connectivity index (χ3n) is 3.91. The molecule has 132 valence electrons. The first kappa shape index (κ1) is 18.9. The van der Waals surface area contributed by atoms with Crippen molar-refractivity contribution >= 4 is 39.0 Å². The number of hydrogen-bond donors (Lipinski definition) is 0. The van der Waals surface area contributed by atoms with E-state index in [1.165, 1.54) is 12.1 Å². The molecule has 1 aliphatic rings. The van der Waals surface area contributed by atoms with Crippen molar-refractivity contribution in [1.82, 2.24) is 0 Å². The number of halogens is 1. The third-order valence-corrected chi connectivity index (χ3v) is 5.90. The molecule has 0 N–H and O–H groups in total. The Kier molecular flexibility index (Phi) is 5.70. The van der Waals surface area contributed by atoms with Gasteiger partial charge in [-0.3, -0.25) is 13.9 Å². The van der Waals surface area contributed by atoms with Gasteiger partial charge >= 0.3 is 0 Å². The molecule has 1 aliphatic carbocycles. The molecule has 0 radical (unpaired) electrons. The second-order valence-electron chi connectivity index (χ2n) is 5.75. The smallest absolute Gasteiger partial charge is 0.232 e. The van der Waals surface area contributed by atoms with Gasteiger partial charge in [0.1, 0.15) is 5.78 Å². The van der Waals surface area contributed by atoms with E-state index in [-0.39, 0.29) is 40.8 Å². The van der Waals surface area contributed by atoms with Gasteiger partial charge in [0.15, 0.2) is 11.6 Å². The summed E-state index contributed by atoms with van der Waals surface area (Å²) in [6.07, 6.45) is 3.87. The van der Waals surface area contributed by atoms with E-state index in [9.17, 15) is 22.4 Å². The van der Waals surface area contributed by atoms with Crippen LogP contribution in [0.25, 0.3) is 0 Å². The first-order chi connectivity index (χ1) is 11.2. The molecular weight excluding hydrogens is 353 g/mol. The van der Waals surface area contributed by atoms with Crippen molar-refractivity contribution in [3.8, 4) is 0 Å². The largest absolute Gasteiger partial charge is 0.299 e. The van der Waals surface area contributed by atoms with Gasteiger partial charge in [0.25, 0.3) is 0 Å². The minimum Gasteiger partial charge on any atom is -0.299 e. The maximum atomic E-state index is 14.8. The van der Waals surface area contributed by atoms with Crippen LogP contribution in [0.2, 0.25) is 0 Å². The predicted molar refractivity (Wildman–Crippen MR) is 92.7 cm³/mol. The van der Waals surface area contributed by atoms with Crippen LogP contribution in [0, 0.1) is 11.7 Å². The van der Waals surface area contributed by atoms with Crippen LogP contribution in [0.3, 0.4) is 0 Å². The minimum atomic E-state index is -3.76. The molecule has 1 fully saturated rings. The molecule has 0 heterocycles. The Morgan fingerprint density at radius 2 is 1.96 bits per heavy atom. The van der Waals surface area contributed by atoms with E-state index < -0.39 is 21.6 Å². The maximum absolute atomic E-state index is 14.8. The van der Waals surface area contributed by atoms with Gasteiger partial charge in [0, 0.05) is 22.9 Å². The fourth-order valence-corrected chi connectivity index (χ4v) is 3.99. The van der Waals surface area contributed by atoms with Gasteiger partial charge in [-0.2, -0.15) is 0 Å². The third kappa shape index (κ3) is 3.97. The molecule has 0 amide bonds. The topological polar surface area (TPSA) is 71.5 Å². The van der Waals surface area contributed by atoms with Crippen LogP contribution in [0.5, 0.6) is 0 Å². The Hall–Kier alpha value is -1.41. The lowest BCUT2D eigenvalue weighted by Gasteiger charge is -2.24. The molecular formula is C16H20FNO4S2. The first-order valence-corrected chi connectivity index (χ1v) is 10.7. The SMILES string of the molecule is CCN(c1c(C(=O)CC(=O)C2CC2)ccc(SC)c1F)S(C)(=O)=O. The summed E-state index contributed by atoms with van der Waals surface area (Å²) in [5, 5.41) is 0. The van der Waals surface area contributed by atoms with Gasteiger partial charge in [0.2, 0.25) is 10.0 Å². The number of anilines is 1. The van der Waals surface area contributed by atoms with Crippen molar-refractivity contribution in [3.63, 3.8) is 0 Å². The lowest BCUT2D eigenvalue weighted by atomic mass is 10.0. The van der Waals surface area contributed by atoms with E-state index in [2.05, 4.69) is 0 Å². The van der Waals surface area contributed by atoms with Crippen LogP contribution in [0.15, 0.2) is 17.0 Å². The fraction of sp³-hybridized carbons (Fsp3) is 0.500. The molecule has 2 rings (SSSR count). The summed E-state index contributed by atoms with van der Waals surface area (Å²) in [4.78, 5) is 24.6. The molecule has 24 heavy (non-hydrogen) atoms. The van der Waals surface area contributed by atoms with E-state index in [1.807, 2.05) is 0 Å². The van der Waals surface area contributed by atoms with Gasteiger partial charge in [0.05, 0.1) is 18.4 Å². The maximum Gasteiger partial charge on any atom is 0.232 e. The minimum absolute atomic E-state index is 0.00949. The number of carbonyl (C=O) groups is 2. The summed E-state index contributed by atoms with van der Waals surface area (Å²) in [6, 6.07) is 2.84. The second kappa shape index (κ2) is 7.23. The van der Waals surface area contributed by atoms with Gasteiger partial charge < -0.3 is 0 Å². The molecule has 0 aromatic heterocycles. The highest BCUT2D eigenvalue weighted by Crippen LogP contribution is 2.35. The zero-order chi connectivity index (χ0) is 18.1. The number of nitrogens with zero attached hydrogens (tertiary/aromatic N) is 1. The Morgan fingerprint density at radius 3 is 2.42 bits per heavy atom. The Bertz CT molecular complexity index is 773. The quantitative estimate of drug-likeness (QED) is 0.398. The number of hydrogen-bond acceptors (Lipinski definition) is 5. The van der Waals surface area contributed by atoms with Crippen molar-refractivity contribution < 1.29 is 22.4 Å². The zero-order valence-corrected chi connectivity index (χ0v) is 15.5. The van der Waals surface area contributed by atoms with Crippen molar-refractivity contribution in [1.29, 1.82) is 0 Å². The number of rotatable bonds is 8. The van der Waals surface area contributed by atoms with E-state index >= 15 is 0 Å². The van der Waals surface area contributed by atoms with E-state index in [1.54, 1.807) is 13.2 Å². The molecule has 1 aromatic carbocycles. The highest BCUT2D eigenvalue weighted by Gasteiger charge is 2.33. The van der Waals surface area contributed by atoms with Gasteiger partial charge in [-0.25, -0.2) is 12.8 Å². The monoisotopic (exact) mass is 373 g/mol. The van der Waals surface area contributed by atoms with Crippen LogP contribution < -0.4 is 4.31 Å². The lowest BCUT2D eigenvalue weighted by molar-refractivity contribution is -0.119. The van der Waals surface area contributed by atoms with Gasteiger partial charge in [-0.15, -0.1) is 11.8 Å². The predicted octanol–water partition coefficient (Wildman–Crippen LogP) is 2.89. The van der Waals surface area contributed by atoms with E-state index in [0.717, 1.165) is 35.2 Å². The molecule has 8 heteroatoms. The summed E-state index contributed by atoms with van der Waals surface area (Å²) >= 11 is 1.12. The summed E-state index contributed by atoms with van der Waals surface area (Å²) in [7, 11) is -3.76. The number of ketones is 2. The molecule has 0 unspecified atom stereocenters. The number of Topliss-reactive ketones (excluding diaryl/α,β-unsaturated/α-hetero) is 2. The van der Waals surface area contributed by atoms with Crippen molar-refractivity contribution in [2.24, 2.45) is 5.92 Å². The molecule has 0 atom stereocenters. The molecule has 1 aromatic rings. The zero-order valence-electron chi connectivity index (χ0n) is 13.8. The summed E-state index contributed by atoms with van der Waals surface area (Å²) in [5.74, 6) is -1.54. The Labute approximate surface area is 145 Å². The molecule has 1 saturated carbocycles. The number of thioether (sulfide) groups is 1. The molecule has 5 nitrogen and oxygen atoms in total. The average molecular weight is 373 g/mol. The Morgan fingerprint density at radius 1 is 1.33 bits per heavy atom. The van der Waals surface area contributed by atoms with E-state index in [0.29, 0.717) is 0 Å². The van der Waals surface area contributed by atoms with Crippen LogP contribution in [0.4, 0.5) is 10.1 Å². The van der Waals surface area contributed by atoms with Crippen LogP contribution in [-0.4, -0.2) is 39.0 Å². The average Bonchev–Trinajstić information content (AvgIpc) is 3.32. The Balaban J connectivity index is 2.52. The summed E-state index contributed by atoms with van der Waals surface area (Å²) < 4.78 is 39.7. The van der Waals surface area contributed by atoms with Crippen LogP contribution >= 0.6 is 11.8 Å². The van der Waals surface area contributed by atoms with Crippen LogP contribution in [0.1, 0.15) is 36.5 Å². The molecule has 0 spiro atoms. The standard InChI is InChI=1S/C16H20FNO4S2/c1-4-18(24(3,21)22)16-11(7-8-14(23-2)15(16)17)13(20)9-12(19)10-5-6-10/h7-8,10H,4-6,9H2,1-3H3. The second-order valence-corrected chi connectivity index (χ2v) is 8.50.